The Morgan fingerprint density at radius 3 is 2.80 bits per heavy atom. The van der Waals surface area contributed by atoms with Crippen molar-refractivity contribution in [2.45, 2.75) is 36.3 Å². The van der Waals surface area contributed by atoms with Crippen LogP contribution in [-0.4, -0.2) is 9.97 Å². The van der Waals surface area contributed by atoms with Crippen LogP contribution in [0.2, 0.25) is 10.2 Å². The smallest absolute Gasteiger partial charge is 0.140 e. The van der Waals surface area contributed by atoms with Gasteiger partial charge in [0.1, 0.15) is 11.0 Å². The fraction of sp³-hybridized carbons (Fsp3) is 0.333. The lowest BCUT2D eigenvalue weighted by atomic mass is 9.97. The normalized spacial score (nSPS) is 14.1. The molecular weight excluding hydrogens is 311 g/mol. The highest BCUT2D eigenvalue weighted by Gasteiger charge is 2.16. The molecule has 0 N–H and O–H groups in total. The van der Waals surface area contributed by atoms with Crippen molar-refractivity contribution in [3.05, 3.63) is 51.5 Å². The Balaban J connectivity index is 1.76. The molecule has 2 nitrogen and oxygen atoms in total. The van der Waals surface area contributed by atoms with E-state index in [2.05, 4.69) is 9.97 Å². The van der Waals surface area contributed by atoms with E-state index in [0.717, 1.165) is 39.8 Å². The Labute approximate surface area is 132 Å². The summed E-state index contributed by atoms with van der Waals surface area (Å²) in [5, 5.41) is 1.38. The summed E-state index contributed by atoms with van der Waals surface area (Å²) in [5.41, 5.74) is 2.28. The van der Waals surface area contributed by atoms with E-state index in [4.69, 9.17) is 23.2 Å². The number of thioether (sulfide) groups is 1. The molecule has 0 saturated carbocycles. The molecule has 0 unspecified atom stereocenters. The van der Waals surface area contributed by atoms with Gasteiger partial charge in [0.2, 0.25) is 0 Å². The lowest BCUT2D eigenvalue weighted by Crippen LogP contribution is -2.10. The minimum absolute atomic E-state index is 0.636. The van der Waals surface area contributed by atoms with Gasteiger partial charge < -0.3 is 0 Å². The molecule has 0 aliphatic heterocycles. The number of hydrogen-bond donors (Lipinski definition) is 0. The molecule has 20 heavy (non-hydrogen) atoms. The first-order valence-corrected chi connectivity index (χ1v) is 8.39. The van der Waals surface area contributed by atoms with Gasteiger partial charge in [-0.05, 0) is 43.9 Å². The van der Waals surface area contributed by atoms with Crippen molar-refractivity contribution in [1.82, 2.24) is 9.97 Å². The van der Waals surface area contributed by atoms with Gasteiger partial charge in [-0.1, -0.05) is 29.3 Å². The Morgan fingerprint density at radius 2 is 1.95 bits per heavy atom. The van der Waals surface area contributed by atoms with Crippen LogP contribution in [0.15, 0.2) is 29.2 Å². The van der Waals surface area contributed by atoms with E-state index in [0.29, 0.717) is 10.9 Å². The average Bonchev–Trinajstić information content (AvgIpc) is 2.45. The van der Waals surface area contributed by atoms with Crippen LogP contribution >= 0.6 is 35.0 Å². The van der Waals surface area contributed by atoms with E-state index in [1.54, 1.807) is 11.8 Å². The van der Waals surface area contributed by atoms with Crippen LogP contribution in [0, 0.1) is 0 Å². The molecule has 0 amide bonds. The highest BCUT2D eigenvalue weighted by molar-refractivity contribution is 7.98. The minimum atomic E-state index is 0.636. The summed E-state index contributed by atoms with van der Waals surface area (Å²) >= 11 is 13.9. The number of benzene rings is 1. The zero-order chi connectivity index (χ0) is 13.9. The number of fused-ring (bicyclic) bond motifs is 1. The van der Waals surface area contributed by atoms with Gasteiger partial charge in [0.05, 0.1) is 5.75 Å². The van der Waals surface area contributed by atoms with Crippen molar-refractivity contribution in [2.24, 2.45) is 0 Å². The zero-order valence-electron chi connectivity index (χ0n) is 10.9. The maximum Gasteiger partial charge on any atom is 0.140 e. The lowest BCUT2D eigenvalue weighted by Gasteiger charge is -2.16. The second-order valence-corrected chi connectivity index (χ2v) is 6.65. The lowest BCUT2D eigenvalue weighted by molar-refractivity contribution is 0.657. The highest BCUT2D eigenvalue weighted by Crippen LogP contribution is 2.28. The standard InChI is InChI=1S/C15H14Cl2N2S/c16-10-4-3-5-11(8-10)20-9-14-18-13-7-2-1-6-12(13)15(17)19-14/h3-5,8H,1-2,6-7,9H2. The predicted octanol–water partition coefficient (Wildman–Crippen LogP) is 4.95. The van der Waals surface area contributed by atoms with Crippen molar-refractivity contribution in [2.75, 3.05) is 0 Å². The van der Waals surface area contributed by atoms with Crippen LogP contribution in [-0.2, 0) is 18.6 Å². The average molecular weight is 325 g/mol. The second kappa shape index (κ2) is 6.33. The van der Waals surface area contributed by atoms with Gasteiger partial charge in [-0.2, -0.15) is 0 Å². The summed E-state index contributed by atoms with van der Waals surface area (Å²) in [6.07, 6.45) is 4.41. The Hall–Kier alpha value is -0.770. The van der Waals surface area contributed by atoms with E-state index in [-0.39, 0.29) is 0 Å². The molecule has 0 spiro atoms. The molecule has 0 saturated heterocycles. The van der Waals surface area contributed by atoms with Gasteiger partial charge in [0.25, 0.3) is 0 Å². The van der Waals surface area contributed by atoms with Crippen molar-refractivity contribution in [3.63, 3.8) is 0 Å². The van der Waals surface area contributed by atoms with E-state index >= 15 is 0 Å². The number of hydrogen-bond acceptors (Lipinski definition) is 3. The first-order valence-electron chi connectivity index (χ1n) is 6.65. The van der Waals surface area contributed by atoms with Gasteiger partial charge in [-0.25, -0.2) is 9.97 Å². The van der Waals surface area contributed by atoms with Crippen molar-refractivity contribution in [1.29, 1.82) is 0 Å². The molecule has 0 radical (unpaired) electrons. The van der Waals surface area contributed by atoms with Gasteiger partial charge in [-0.15, -0.1) is 11.8 Å². The van der Waals surface area contributed by atoms with Gasteiger partial charge in [-0.3, -0.25) is 0 Å². The minimum Gasteiger partial charge on any atom is -0.237 e. The summed E-state index contributed by atoms with van der Waals surface area (Å²) in [7, 11) is 0. The predicted molar refractivity (Wildman–Crippen MR) is 84.7 cm³/mol. The largest absolute Gasteiger partial charge is 0.237 e. The molecule has 0 bridgehead atoms. The number of rotatable bonds is 3. The first-order chi connectivity index (χ1) is 9.72. The molecule has 2 aromatic rings. The Morgan fingerprint density at radius 1 is 1.10 bits per heavy atom. The summed E-state index contributed by atoms with van der Waals surface area (Å²) in [4.78, 5) is 10.2. The van der Waals surface area contributed by atoms with Gasteiger partial charge in [0.15, 0.2) is 0 Å². The molecule has 1 aliphatic rings. The summed E-state index contributed by atoms with van der Waals surface area (Å²) in [5.74, 6) is 1.52. The van der Waals surface area contributed by atoms with Crippen LogP contribution in [0.4, 0.5) is 0 Å². The van der Waals surface area contributed by atoms with E-state index < -0.39 is 0 Å². The molecule has 1 aromatic heterocycles. The molecule has 0 atom stereocenters. The third-order valence-corrected chi connectivity index (χ3v) is 4.88. The molecule has 0 fully saturated rings. The quantitative estimate of drug-likeness (QED) is 0.589. The molecule has 1 heterocycles. The summed E-state index contributed by atoms with van der Waals surface area (Å²) in [6.45, 7) is 0. The topological polar surface area (TPSA) is 25.8 Å². The van der Waals surface area contributed by atoms with E-state index in [1.165, 1.54) is 12.8 Å². The van der Waals surface area contributed by atoms with Crippen LogP contribution in [0.25, 0.3) is 0 Å². The van der Waals surface area contributed by atoms with E-state index in [1.807, 2.05) is 24.3 Å². The van der Waals surface area contributed by atoms with Crippen LogP contribution in [0.5, 0.6) is 0 Å². The monoisotopic (exact) mass is 324 g/mol. The maximum atomic E-state index is 6.27. The first kappa shape index (κ1) is 14.2. The van der Waals surface area contributed by atoms with Crippen LogP contribution in [0.1, 0.15) is 29.9 Å². The third kappa shape index (κ3) is 3.27. The zero-order valence-corrected chi connectivity index (χ0v) is 13.2. The van der Waals surface area contributed by atoms with Crippen molar-refractivity contribution in [3.8, 4) is 0 Å². The highest BCUT2D eigenvalue weighted by atomic mass is 35.5. The SMILES string of the molecule is Clc1cccc(SCc2nc(Cl)c3c(n2)CCCC3)c1. The molecule has 1 aromatic carbocycles. The van der Waals surface area contributed by atoms with Crippen LogP contribution < -0.4 is 0 Å². The molecular formula is C15H14Cl2N2S. The van der Waals surface area contributed by atoms with Crippen molar-refractivity contribution < 1.29 is 0 Å². The van der Waals surface area contributed by atoms with Crippen LogP contribution in [0.3, 0.4) is 0 Å². The fourth-order valence-corrected chi connectivity index (χ4v) is 3.73. The maximum absolute atomic E-state index is 6.27. The summed E-state index contributed by atoms with van der Waals surface area (Å²) in [6, 6.07) is 7.81. The fourth-order valence-electron chi connectivity index (χ4n) is 2.37. The number of aryl methyl sites for hydroxylation is 1. The molecule has 104 valence electrons. The van der Waals surface area contributed by atoms with E-state index in [9.17, 15) is 0 Å². The second-order valence-electron chi connectivity index (χ2n) is 4.81. The number of aromatic nitrogens is 2. The molecule has 3 rings (SSSR count). The van der Waals surface area contributed by atoms with Gasteiger partial charge >= 0.3 is 0 Å². The summed E-state index contributed by atoms with van der Waals surface area (Å²) < 4.78 is 0. The number of halogens is 2. The molecule has 5 heteroatoms. The van der Waals surface area contributed by atoms with Crippen molar-refractivity contribution >= 4 is 35.0 Å². The number of nitrogens with zero attached hydrogens (tertiary/aromatic N) is 2. The molecule has 1 aliphatic carbocycles. The Kier molecular flexibility index (Phi) is 4.49. The third-order valence-electron chi connectivity index (χ3n) is 3.34. The van der Waals surface area contributed by atoms with Gasteiger partial charge in [0, 0.05) is 21.2 Å². The Bertz CT molecular complexity index is 631.